The van der Waals surface area contributed by atoms with Gasteiger partial charge in [-0.3, -0.25) is 9.59 Å². The highest BCUT2D eigenvalue weighted by molar-refractivity contribution is 5.92. The highest BCUT2D eigenvalue weighted by Gasteiger charge is 2.52. The van der Waals surface area contributed by atoms with E-state index in [-0.39, 0.29) is 25.2 Å². The summed E-state index contributed by atoms with van der Waals surface area (Å²) >= 11 is 0. The second kappa shape index (κ2) is 28.6. The lowest BCUT2D eigenvalue weighted by Crippen LogP contribution is -2.65. The van der Waals surface area contributed by atoms with E-state index >= 15 is 0 Å². The largest absolute Gasteiger partial charge is 0.479 e. The number of aliphatic hydroxyl groups excluding tert-OH is 6. The predicted octanol–water partition coefficient (Wildman–Crippen LogP) is -0.679. The number of ether oxygens (including phenoxy) is 9. The van der Waals surface area contributed by atoms with Gasteiger partial charge in [0.15, 0.2) is 36.9 Å². The molecule has 24 nitrogen and oxygen atoms in total. The van der Waals surface area contributed by atoms with Crippen LogP contribution in [-0.4, -0.2) is 232 Å². The van der Waals surface area contributed by atoms with Crippen molar-refractivity contribution in [3.63, 3.8) is 0 Å². The summed E-state index contributed by atoms with van der Waals surface area (Å²) in [5.41, 5.74) is -0.826. The van der Waals surface area contributed by atoms with E-state index in [2.05, 4.69) is 0 Å². The Balaban J connectivity index is 0.00000126. The Morgan fingerprint density at radius 2 is 1.42 bits per heavy atom. The van der Waals surface area contributed by atoms with Gasteiger partial charge in [0.2, 0.25) is 0 Å². The van der Waals surface area contributed by atoms with E-state index in [9.17, 15) is 49.5 Å². The number of allylic oxidation sites excluding steroid dienone is 3. The first-order valence-corrected chi connectivity index (χ1v) is 24.5. The molecule has 4 aliphatic rings. The van der Waals surface area contributed by atoms with Gasteiger partial charge < -0.3 is 98.3 Å². The highest BCUT2D eigenvalue weighted by Crippen LogP contribution is 2.37. The van der Waals surface area contributed by atoms with E-state index in [0.29, 0.717) is 18.3 Å². The zero-order valence-electron chi connectivity index (χ0n) is 43.7. The summed E-state index contributed by atoms with van der Waals surface area (Å²) in [6.45, 7) is 13.5. The Hall–Kier alpha value is -3.41. The number of ketones is 1. The molecule has 0 radical (unpaired) electrons. The van der Waals surface area contributed by atoms with Gasteiger partial charge in [-0.15, -0.1) is 0 Å². The standard InChI is InChI=1S/C45H75NO17.C4H6O6/c1-13-32-29(21-57-44-41(56-12)40(55-11)36(51)25(5)59-44)16-22(2)14-15-30(48)23(3)17-28(20-47)38(24(4)31(49)18-33(50)61-32)63-43-37(52)35(46(9)10)39(26(6)60-43)62-34-19-45(8,54)42(53)27(7)58-34;5-1(3(7)8)2(6)4(9)10/h14-16,20,23-29,31-32,34-44,49,51-54H,13,17-19,21H2,1-12H3;1-2,5-6H,(H,7,8)(H,9,10)/b15-14-,22-16+;. The number of hydrogen-bond acceptors (Lipinski definition) is 22. The number of methoxy groups -OCH3 is 2. The molecule has 420 valence electrons. The number of aliphatic carboxylic acids is 2. The molecule has 3 saturated heterocycles. The Labute approximate surface area is 426 Å². The van der Waals surface area contributed by atoms with Gasteiger partial charge >= 0.3 is 17.9 Å². The van der Waals surface area contributed by atoms with Crippen LogP contribution in [0.4, 0.5) is 0 Å². The molecule has 0 aromatic heterocycles. The molecule has 3 fully saturated rings. The third-order valence-corrected chi connectivity index (χ3v) is 13.9. The van der Waals surface area contributed by atoms with E-state index in [4.69, 9.17) is 63.1 Å². The van der Waals surface area contributed by atoms with Gasteiger partial charge in [-0.25, -0.2) is 9.59 Å². The lowest BCUT2D eigenvalue weighted by molar-refractivity contribution is -0.341. The van der Waals surface area contributed by atoms with E-state index in [1.807, 2.05) is 13.0 Å². The first kappa shape index (κ1) is 63.9. The minimum Gasteiger partial charge on any atom is -0.479 e. The zero-order valence-corrected chi connectivity index (χ0v) is 43.7. The van der Waals surface area contributed by atoms with Crippen molar-refractivity contribution in [2.75, 3.05) is 34.9 Å². The first-order chi connectivity index (χ1) is 34.0. The topological polar surface area (TPSA) is 354 Å². The van der Waals surface area contributed by atoms with Crippen molar-refractivity contribution < 1.29 is 113 Å². The second-order valence-electron chi connectivity index (χ2n) is 19.9. The molecule has 4 rings (SSSR count). The van der Waals surface area contributed by atoms with Crippen LogP contribution in [0.3, 0.4) is 0 Å². The number of aldehydes is 1. The fraction of sp³-hybridized carbons (Fsp3) is 0.816. The number of likely N-dealkylation sites (N-methyl/N-ethyl adjacent to an activating group) is 1. The molecule has 0 spiro atoms. The average Bonchev–Trinajstić information content (AvgIpc) is 3.32. The molecule has 0 bridgehead atoms. The lowest BCUT2D eigenvalue weighted by atomic mass is 9.81. The molecule has 0 amide bonds. The summed E-state index contributed by atoms with van der Waals surface area (Å²) in [6.07, 6.45) is -13.6. The van der Waals surface area contributed by atoms with Crippen molar-refractivity contribution in [2.45, 2.75) is 197 Å². The van der Waals surface area contributed by atoms with E-state index in [1.54, 1.807) is 66.6 Å². The molecule has 73 heavy (non-hydrogen) atoms. The van der Waals surface area contributed by atoms with Gasteiger partial charge in [-0.2, -0.15) is 0 Å². The maximum Gasteiger partial charge on any atom is 0.335 e. The molecule has 24 heteroatoms. The van der Waals surface area contributed by atoms with Crippen LogP contribution < -0.4 is 0 Å². The molecule has 0 aliphatic carbocycles. The number of carboxylic acids is 2. The number of aliphatic hydroxyl groups is 7. The Morgan fingerprint density at radius 3 is 1.95 bits per heavy atom. The minimum absolute atomic E-state index is 0.0117. The molecule has 23 atom stereocenters. The first-order valence-electron chi connectivity index (χ1n) is 24.5. The number of esters is 1. The zero-order chi connectivity index (χ0) is 55.4. The summed E-state index contributed by atoms with van der Waals surface area (Å²) < 4.78 is 54.4. The second-order valence-corrected chi connectivity index (χ2v) is 19.9. The van der Waals surface area contributed by atoms with Crippen LogP contribution in [0.25, 0.3) is 0 Å². The van der Waals surface area contributed by atoms with Crippen molar-refractivity contribution in [2.24, 2.45) is 23.7 Å². The van der Waals surface area contributed by atoms with Crippen molar-refractivity contribution >= 4 is 30.0 Å². The highest BCUT2D eigenvalue weighted by atomic mass is 16.7. The smallest absolute Gasteiger partial charge is 0.335 e. The molecule has 0 aromatic carbocycles. The van der Waals surface area contributed by atoms with Gasteiger partial charge in [-0.1, -0.05) is 38.5 Å². The van der Waals surface area contributed by atoms with Crippen LogP contribution in [0.5, 0.6) is 0 Å². The summed E-state index contributed by atoms with van der Waals surface area (Å²) in [6, 6.07) is -0.767. The monoisotopic (exact) mass is 1050 g/mol. The molecular weight excluding hydrogens is 971 g/mol. The van der Waals surface area contributed by atoms with Crippen molar-refractivity contribution in [1.29, 1.82) is 0 Å². The number of rotatable bonds is 15. The number of carbonyl (C=O) groups excluding carboxylic acids is 3. The molecule has 0 saturated carbocycles. The third-order valence-electron chi connectivity index (χ3n) is 13.9. The number of hydrogen-bond donors (Lipinski definition) is 9. The normalized spacial score (nSPS) is 42.3. The molecule has 4 aliphatic heterocycles. The van der Waals surface area contributed by atoms with Crippen molar-refractivity contribution in [1.82, 2.24) is 4.90 Å². The average molecular weight is 1050 g/mol. The fourth-order valence-electron chi connectivity index (χ4n) is 9.46. The van der Waals surface area contributed by atoms with Crippen LogP contribution in [0.15, 0.2) is 23.8 Å². The third kappa shape index (κ3) is 17.0. The summed E-state index contributed by atoms with van der Waals surface area (Å²) in [5.74, 6) is -7.68. The molecule has 0 aromatic rings. The van der Waals surface area contributed by atoms with Crippen LogP contribution in [-0.2, 0) is 66.6 Å². The van der Waals surface area contributed by atoms with Gasteiger partial charge in [0.05, 0.1) is 55.2 Å². The van der Waals surface area contributed by atoms with Gasteiger partial charge in [0.25, 0.3) is 0 Å². The molecule has 23 unspecified atom stereocenters. The maximum atomic E-state index is 13.7. The fourth-order valence-corrected chi connectivity index (χ4v) is 9.46. The van der Waals surface area contributed by atoms with Crippen molar-refractivity contribution in [3.8, 4) is 0 Å². The van der Waals surface area contributed by atoms with E-state index in [0.717, 1.165) is 0 Å². The Kier molecular flexibility index (Phi) is 25.1. The van der Waals surface area contributed by atoms with Crippen LogP contribution in [0.2, 0.25) is 0 Å². The van der Waals surface area contributed by atoms with Crippen molar-refractivity contribution in [3.05, 3.63) is 23.8 Å². The van der Waals surface area contributed by atoms with Crippen LogP contribution in [0, 0.1) is 23.7 Å². The maximum absolute atomic E-state index is 13.7. The number of carboxylic acid groups (broad SMARTS) is 2. The van der Waals surface area contributed by atoms with Gasteiger partial charge in [0, 0.05) is 44.3 Å². The lowest BCUT2D eigenvalue weighted by Gasteiger charge is -2.50. The summed E-state index contributed by atoms with van der Waals surface area (Å²) in [5, 5.41) is 88.1. The quantitative estimate of drug-likeness (QED) is 0.0725. The van der Waals surface area contributed by atoms with Gasteiger partial charge in [0.1, 0.15) is 49.0 Å². The van der Waals surface area contributed by atoms with E-state index < -0.39 is 164 Å². The minimum atomic E-state index is -2.27. The number of nitrogens with zero attached hydrogens (tertiary/aromatic N) is 1. The van der Waals surface area contributed by atoms with Crippen LogP contribution in [0.1, 0.15) is 81.1 Å². The Bertz CT molecular complexity index is 1830. The van der Waals surface area contributed by atoms with Crippen LogP contribution >= 0.6 is 0 Å². The SMILES string of the molecule is CCC1OC(=O)CC(O)C(C)C(OC2OC(C)C(OC3CC(C)(O)C(O)C(C)O3)C(N(C)C)C2O)C(C=O)CC(C)C(=O)/C=C\C(C)=C\C1COC1OC(C)C(O)C(OC)C1OC.O=C(O)C(O)C(O)C(=O)O. The molecular formula is C49H81NO23. The number of cyclic esters (lactones) is 1. The molecule has 9 N–H and O–H groups in total. The number of carbonyl (C=O) groups is 5. The van der Waals surface area contributed by atoms with E-state index in [1.165, 1.54) is 27.2 Å². The Morgan fingerprint density at radius 1 is 0.836 bits per heavy atom. The van der Waals surface area contributed by atoms with Gasteiger partial charge in [-0.05, 0) is 67.6 Å². The molecule has 4 heterocycles. The summed E-state index contributed by atoms with van der Waals surface area (Å²) in [7, 11) is 6.40. The predicted molar refractivity (Wildman–Crippen MR) is 253 cm³/mol. The summed E-state index contributed by atoms with van der Waals surface area (Å²) in [4.78, 5) is 61.5.